The summed E-state index contributed by atoms with van der Waals surface area (Å²) in [6.45, 7) is 8.10. The molecule has 2 aromatic carbocycles. The molecule has 7 heteroatoms. The van der Waals surface area contributed by atoms with Crippen LogP contribution in [0.1, 0.15) is 43.5 Å². The number of hydrogen-bond acceptors (Lipinski definition) is 5. The number of fused-ring (bicyclic) bond motifs is 3. The molecule has 0 spiro atoms. The summed E-state index contributed by atoms with van der Waals surface area (Å²) < 4.78 is 11.7. The van der Waals surface area contributed by atoms with Crippen LogP contribution in [-0.4, -0.2) is 40.1 Å². The summed E-state index contributed by atoms with van der Waals surface area (Å²) in [6.07, 6.45) is -0.436. The van der Waals surface area contributed by atoms with Gasteiger partial charge < -0.3 is 14.6 Å². The van der Waals surface area contributed by atoms with Crippen molar-refractivity contribution < 1.29 is 19.4 Å². The molecule has 0 saturated heterocycles. The van der Waals surface area contributed by atoms with Crippen LogP contribution < -0.4 is 9.64 Å². The maximum atomic E-state index is 12.9. The number of aliphatic hydroxyl groups excluding tert-OH is 1. The summed E-state index contributed by atoms with van der Waals surface area (Å²) in [5.41, 5.74) is 3.59. The Morgan fingerprint density at radius 3 is 2.70 bits per heavy atom. The van der Waals surface area contributed by atoms with E-state index in [4.69, 9.17) is 9.47 Å². The van der Waals surface area contributed by atoms with Crippen LogP contribution in [0.15, 0.2) is 36.4 Å². The second kappa shape index (κ2) is 7.65. The summed E-state index contributed by atoms with van der Waals surface area (Å²) in [4.78, 5) is 14.5. The molecule has 1 atom stereocenters. The molecule has 7 nitrogen and oxygen atoms in total. The Labute approximate surface area is 175 Å². The fraction of sp³-hybridized carbons (Fsp3) is 0.391. The predicted octanol–water partition coefficient (Wildman–Crippen LogP) is 4.28. The largest absolute Gasteiger partial charge is 0.486 e. The highest BCUT2D eigenvalue weighted by molar-refractivity contribution is 6.01. The van der Waals surface area contributed by atoms with Gasteiger partial charge in [-0.3, -0.25) is 10.00 Å². The van der Waals surface area contributed by atoms with Crippen LogP contribution in [0.5, 0.6) is 5.75 Å². The number of anilines is 1. The lowest BCUT2D eigenvalue weighted by Crippen LogP contribution is -2.36. The summed E-state index contributed by atoms with van der Waals surface area (Å²) in [5.74, 6) is 0.374. The van der Waals surface area contributed by atoms with Gasteiger partial charge in [0, 0.05) is 29.6 Å². The van der Waals surface area contributed by atoms with Gasteiger partial charge in [-0.25, -0.2) is 4.79 Å². The molecule has 0 aliphatic carbocycles. The molecule has 1 aromatic heterocycles. The van der Waals surface area contributed by atoms with E-state index < -0.39 is 11.7 Å². The Bertz CT molecular complexity index is 1070. The van der Waals surface area contributed by atoms with Gasteiger partial charge in [0.25, 0.3) is 0 Å². The van der Waals surface area contributed by atoms with Crippen LogP contribution >= 0.6 is 0 Å². The maximum absolute atomic E-state index is 12.9. The number of aromatic nitrogens is 2. The van der Waals surface area contributed by atoms with Gasteiger partial charge in [-0.05, 0) is 38.8 Å². The number of rotatable bonds is 4. The number of H-pyrrole nitrogens is 1. The van der Waals surface area contributed by atoms with Gasteiger partial charge in [0.05, 0.1) is 12.3 Å². The van der Waals surface area contributed by atoms with Crippen LogP contribution in [0.4, 0.5) is 10.5 Å². The zero-order valence-electron chi connectivity index (χ0n) is 17.7. The maximum Gasteiger partial charge on any atom is 0.414 e. The van der Waals surface area contributed by atoms with Gasteiger partial charge in [0.2, 0.25) is 0 Å². The molecule has 1 aliphatic heterocycles. The highest BCUT2D eigenvalue weighted by Gasteiger charge is 2.38. The van der Waals surface area contributed by atoms with Crippen LogP contribution in [0, 0.1) is 6.92 Å². The van der Waals surface area contributed by atoms with Crippen molar-refractivity contribution >= 4 is 22.7 Å². The lowest BCUT2D eigenvalue weighted by atomic mass is 9.96. The van der Waals surface area contributed by atoms with Crippen molar-refractivity contribution in [2.24, 2.45) is 0 Å². The van der Waals surface area contributed by atoms with Crippen LogP contribution in [0.25, 0.3) is 10.9 Å². The zero-order chi connectivity index (χ0) is 21.5. The van der Waals surface area contributed by atoms with E-state index in [1.54, 1.807) is 4.90 Å². The van der Waals surface area contributed by atoms with Crippen molar-refractivity contribution in [3.63, 3.8) is 0 Å². The van der Waals surface area contributed by atoms with Gasteiger partial charge >= 0.3 is 6.09 Å². The minimum absolute atomic E-state index is 0.0732. The Morgan fingerprint density at radius 1 is 1.30 bits per heavy atom. The minimum Gasteiger partial charge on any atom is -0.486 e. The molecule has 1 unspecified atom stereocenters. The van der Waals surface area contributed by atoms with Crippen molar-refractivity contribution in [1.82, 2.24) is 10.2 Å². The van der Waals surface area contributed by atoms with Gasteiger partial charge in [0.15, 0.2) is 0 Å². The second-order valence-electron chi connectivity index (χ2n) is 8.62. The van der Waals surface area contributed by atoms with Crippen LogP contribution in [-0.2, 0) is 11.3 Å². The van der Waals surface area contributed by atoms with Crippen molar-refractivity contribution in [3.8, 4) is 5.75 Å². The number of carbonyl (C=O) groups excluding carboxylic acids is 1. The van der Waals surface area contributed by atoms with Crippen molar-refractivity contribution in [2.45, 2.75) is 45.8 Å². The first-order valence-corrected chi connectivity index (χ1v) is 10.1. The van der Waals surface area contributed by atoms with E-state index in [9.17, 15) is 9.90 Å². The molecule has 1 aliphatic rings. The SMILES string of the molecule is Cc1[nH]nc2c(OCc3ccccc3)cc3c(c12)C(CO)CN3C(=O)OC(C)(C)C. The molecule has 2 N–H and O–H groups in total. The molecule has 2 heterocycles. The molecule has 3 aromatic rings. The van der Waals surface area contributed by atoms with E-state index in [1.807, 2.05) is 64.1 Å². The van der Waals surface area contributed by atoms with E-state index >= 15 is 0 Å². The summed E-state index contributed by atoms with van der Waals surface area (Å²) in [7, 11) is 0. The third-order valence-corrected chi connectivity index (χ3v) is 5.17. The molecule has 30 heavy (non-hydrogen) atoms. The standard InChI is InChI=1S/C23H27N3O4/c1-14-19-20-16(12-27)11-26(22(28)30-23(2,3)4)17(20)10-18(21(19)25-24-14)29-13-15-8-6-5-7-9-15/h5-10,16,27H,11-13H2,1-4H3,(H,24,25). The zero-order valence-corrected chi connectivity index (χ0v) is 17.7. The number of aryl methyl sites for hydroxylation is 1. The second-order valence-corrected chi connectivity index (χ2v) is 8.62. The molecule has 4 rings (SSSR count). The van der Waals surface area contributed by atoms with E-state index in [0.717, 1.165) is 22.2 Å². The summed E-state index contributed by atoms with van der Waals surface area (Å²) in [6, 6.07) is 11.7. The average Bonchev–Trinajstić information content (AvgIpc) is 3.26. The number of hydrogen-bond donors (Lipinski definition) is 2. The number of amides is 1. The Kier molecular flexibility index (Phi) is 5.15. The summed E-state index contributed by atoms with van der Waals surface area (Å²) in [5, 5.41) is 18.4. The lowest BCUT2D eigenvalue weighted by Gasteiger charge is -2.25. The topological polar surface area (TPSA) is 87.7 Å². The van der Waals surface area contributed by atoms with E-state index in [2.05, 4.69) is 10.2 Å². The quantitative estimate of drug-likeness (QED) is 0.671. The smallest absolute Gasteiger partial charge is 0.414 e. The van der Waals surface area contributed by atoms with Crippen molar-refractivity contribution in [1.29, 1.82) is 0 Å². The fourth-order valence-corrected chi connectivity index (χ4v) is 3.87. The number of aliphatic hydroxyl groups is 1. The first-order chi connectivity index (χ1) is 14.3. The monoisotopic (exact) mass is 409 g/mol. The number of nitrogens with zero attached hydrogens (tertiary/aromatic N) is 2. The Hall–Kier alpha value is -3.06. The first kappa shape index (κ1) is 20.2. The van der Waals surface area contributed by atoms with E-state index in [1.165, 1.54) is 0 Å². The van der Waals surface area contributed by atoms with E-state index in [-0.39, 0.29) is 12.5 Å². The average molecular weight is 409 g/mol. The molecular weight excluding hydrogens is 382 g/mol. The normalized spacial score (nSPS) is 16.0. The van der Waals surface area contributed by atoms with E-state index in [0.29, 0.717) is 30.1 Å². The van der Waals surface area contributed by atoms with Crippen molar-refractivity contribution in [2.75, 3.05) is 18.1 Å². The highest BCUT2D eigenvalue weighted by Crippen LogP contribution is 2.46. The summed E-state index contributed by atoms with van der Waals surface area (Å²) >= 11 is 0. The Balaban J connectivity index is 1.78. The lowest BCUT2D eigenvalue weighted by molar-refractivity contribution is 0.0581. The number of nitrogens with one attached hydrogen (secondary N) is 1. The van der Waals surface area contributed by atoms with Gasteiger partial charge in [-0.2, -0.15) is 5.10 Å². The molecule has 0 bridgehead atoms. The number of carbonyl (C=O) groups is 1. The van der Waals surface area contributed by atoms with Gasteiger partial charge in [0.1, 0.15) is 23.5 Å². The van der Waals surface area contributed by atoms with Gasteiger partial charge in [-0.15, -0.1) is 0 Å². The molecule has 0 radical (unpaired) electrons. The Morgan fingerprint density at radius 2 is 2.03 bits per heavy atom. The molecule has 0 fully saturated rings. The number of ether oxygens (including phenoxy) is 2. The fourth-order valence-electron chi connectivity index (χ4n) is 3.87. The molecular formula is C23H27N3O4. The minimum atomic E-state index is -0.614. The van der Waals surface area contributed by atoms with Crippen LogP contribution in [0.2, 0.25) is 0 Å². The third-order valence-electron chi connectivity index (χ3n) is 5.17. The van der Waals surface area contributed by atoms with Crippen LogP contribution in [0.3, 0.4) is 0 Å². The molecule has 158 valence electrons. The first-order valence-electron chi connectivity index (χ1n) is 10.1. The molecule has 1 amide bonds. The number of aromatic amines is 1. The number of benzene rings is 2. The third kappa shape index (κ3) is 3.73. The predicted molar refractivity (Wildman–Crippen MR) is 115 cm³/mol. The van der Waals surface area contributed by atoms with Crippen molar-refractivity contribution in [3.05, 3.63) is 53.2 Å². The molecule has 0 saturated carbocycles. The van der Waals surface area contributed by atoms with Gasteiger partial charge in [-0.1, -0.05) is 30.3 Å². The highest BCUT2D eigenvalue weighted by atomic mass is 16.6.